The summed E-state index contributed by atoms with van der Waals surface area (Å²) in [6.07, 6.45) is 1.42. The molecule has 7 nitrogen and oxygen atoms in total. The minimum atomic E-state index is -4.62. The fourth-order valence-corrected chi connectivity index (χ4v) is 4.34. The SMILES string of the molecule is Cc1cnc(-c2cc(OC[C@H]3CCCN3)cc(C(=O)N[C@H](C)c3cnc(C(F)(F)F)nc3)c2)s1. The Hall–Kier alpha value is -3.05. The highest BCUT2D eigenvalue weighted by atomic mass is 32.1. The van der Waals surface area contributed by atoms with Gasteiger partial charge in [-0.2, -0.15) is 13.2 Å². The summed E-state index contributed by atoms with van der Waals surface area (Å²) >= 11 is 1.51. The lowest BCUT2D eigenvalue weighted by atomic mass is 10.1. The standard InChI is InChI=1S/C23H24F3N5O2S/c1-13-9-28-21(34-13)16-6-15(7-19(8-16)33-12-18-4-3-5-27-18)20(32)31-14(2)17-10-29-22(30-11-17)23(24,25)26/h6-11,14,18,27H,3-5,12H2,1-2H3,(H,31,32)/t14-,18-/m1/s1. The van der Waals surface area contributed by atoms with Gasteiger partial charge in [-0.25, -0.2) is 15.0 Å². The molecule has 1 fully saturated rings. The predicted molar refractivity (Wildman–Crippen MR) is 122 cm³/mol. The van der Waals surface area contributed by atoms with E-state index in [-0.39, 0.29) is 6.04 Å². The minimum Gasteiger partial charge on any atom is -0.492 e. The molecule has 1 aromatic carbocycles. The van der Waals surface area contributed by atoms with Crippen LogP contribution in [0.25, 0.3) is 10.6 Å². The van der Waals surface area contributed by atoms with Crippen molar-refractivity contribution in [2.75, 3.05) is 13.2 Å². The third kappa shape index (κ3) is 5.89. The number of aryl methyl sites for hydroxylation is 1. The normalized spacial score (nSPS) is 16.9. The van der Waals surface area contributed by atoms with Crippen molar-refractivity contribution in [3.8, 4) is 16.3 Å². The number of halogens is 3. The molecule has 3 heterocycles. The van der Waals surface area contributed by atoms with Crippen LogP contribution in [0.5, 0.6) is 5.75 Å². The van der Waals surface area contributed by atoms with E-state index in [1.165, 1.54) is 11.3 Å². The molecule has 2 aromatic heterocycles. The molecule has 0 unspecified atom stereocenters. The second-order valence-corrected chi connectivity index (χ2v) is 9.39. The molecule has 0 saturated carbocycles. The van der Waals surface area contributed by atoms with Crippen molar-refractivity contribution in [2.45, 2.75) is 44.9 Å². The summed E-state index contributed by atoms with van der Waals surface area (Å²) in [7, 11) is 0. The summed E-state index contributed by atoms with van der Waals surface area (Å²) in [5, 5.41) is 6.93. The second-order valence-electron chi connectivity index (χ2n) is 8.16. The van der Waals surface area contributed by atoms with Gasteiger partial charge in [0.2, 0.25) is 5.82 Å². The van der Waals surface area contributed by atoms with E-state index in [0.717, 1.165) is 47.2 Å². The van der Waals surface area contributed by atoms with Gasteiger partial charge in [-0.3, -0.25) is 4.79 Å². The Kier molecular flexibility index (Phi) is 7.13. The van der Waals surface area contributed by atoms with Gasteiger partial charge in [0.05, 0.1) is 6.04 Å². The second kappa shape index (κ2) is 10.1. The zero-order valence-electron chi connectivity index (χ0n) is 18.6. The lowest BCUT2D eigenvalue weighted by molar-refractivity contribution is -0.145. The van der Waals surface area contributed by atoms with Crippen molar-refractivity contribution >= 4 is 17.2 Å². The molecule has 1 aliphatic rings. The molecule has 3 aromatic rings. The monoisotopic (exact) mass is 491 g/mol. The van der Waals surface area contributed by atoms with E-state index in [4.69, 9.17) is 4.74 Å². The van der Waals surface area contributed by atoms with Crippen molar-refractivity contribution in [1.29, 1.82) is 0 Å². The molecule has 11 heteroatoms. The molecule has 34 heavy (non-hydrogen) atoms. The summed E-state index contributed by atoms with van der Waals surface area (Å²) in [5.41, 5.74) is 1.47. The molecular formula is C23H24F3N5O2S. The van der Waals surface area contributed by atoms with Crippen LogP contribution in [0.1, 0.15) is 52.4 Å². The Balaban J connectivity index is 1.53. The van der Waals surface area contributed by atoms with Crippen LogP contribution in [0.3, 0.4) is 0 Å². The van der Waals surface area contributed by atoms with Gasteiger partial charge >= 0.3 is 6.18 Å². The van der Waals surface area contributed by atoms with Gasteiger partial charge in [0.1, 0.15) is 17.4 Å². The van der Waals surface area contributed by atoms with Crippen LogP contribution < -0.4 is 15.4 Å². The van der Waals surface area contributed by atoms with Crippen molar-refractivity contribution < 1.29 is 22.7 Å². The van der Waals surface area contributed by atoms with E-state index in [9.17, 15) is 18.0 Å². The highest BCUT2D eigenvalue weighted by molar-refractivity contribution is 7.14. The number of carbonyl (C=O) groups excluding carboxylic acids is 1. The molecule has 1 amide bonds. The maximum atomic E-state index is 13.0. The van der Waals surface area contributed by atoms with Gasteiger partial charge in [0.15, 0.2) is 0 Å². The summed E-state index contributed by atoms with van der Waals surface area (Å²) in [6, 6.07) is 4.90. The molecule has 1 aliphatic heterocycles. The zero-order chi connectivity index (χ0) is 24.3. The number of nitrogens with zero attached hydrogens (tertiary/aromatic N) is 3. The maximum absolute atomic E-state index is 13.0. The van der Waals surface area contributed by atoms with Crippen molar-refractivity contribution in [3.05, 3.63) is 58.6 Å². The van der Waals surface area contributed by atoms with Crippen molar-refractivity contribution in [1.82, 2.24) is 25.6 Å². The van der Waals surface area contributed by atoms with E-state index in [0.29, 0.717) is 23.5 Å². The number of amides is 1. The average Bonchev–Trinajstić information content (AvgIpc) is 3.49. The van der Waals surface area contributed by atoms with Crippen LogP contribution in [0.2, 0.25) is 0 Å². The van der Waals surface area contributed by atoms with Gasteiger partial charge < -0.3 is 15.4 Å². The topological polar surface area (TPSA) is 89.0 Å². The molecule has 0 spiro atoms. The van der Waals surface area contributed by atoms with E-state index in [1.54, 1.807) is 25.3 Å². The average molecular weight is 492 g/mol. The first kappa shape index (κ1) is 24.1. The molecular weight excluding hydrogens is 467 g/mol. The zero-order valence-corrected chi connectivity index (χ0v) is 19.5. The number of aromatic nitrogens is 3. The fraction of sp³-hybridized carbons (Fsp3) is 0.391. The first-order valence-corrected chi connectivity index (χ1v) is 11.6. The number of carbonyl (C=O) groups is 1. The van der Waals surface area contributed by atoms with E-state index in [2.05, 4.69) is 25.6 Å². The third-order valence-corrected chi connectivity index (χ3v) is 6.39. The van der Waals surface area contributed by atoms with E-state index in [1.807, 2.05) is 13.0 Å². The van der Waals surface area contributed by atoms with E-state index < -0.39 is 23.9 Å². The largest absolute Gasteiger partial charge is 0.492 e. The summed E-state index contributed by atoms with van der Waals surface area (Å²) in [5.74, 6) is -1.07. The van der Waals surface area contributed by atoms with Crippen molar-refractivity contribution in [3.63, 3.8) is 0 Å². The number of rotatable bonds is 7. The van der Waals surface area contributed by atoms with Crippen LogP contribution >= 0.6 is 11.3 Å². The molecule has 0 radical (unpaired) electrons. The Morgan fingerprint density at radius 3 is 2.62 bits per heavy atom. The molecule has 4 rings (SSSR count). The summed E-state index contributed by atoms with van der Waals surface area (Å²) in [6.45, 7) is 5.06. The Bertz CT molecular complexity index is 1140. The first-order chi connectivity index (χ1) is 16.2. The van der Waals surface area contributed by atoms with Crippen LogP contribution in [0.4, 0.5) is 13.2 Å². The van der Waals surface area contributed by atoms with Crippen molar-refractivity contribution in [2.24, 2.45) is 0 Å². The number of thiazole rings is 1. The highest BCUT2D eigenvalue weighted by Gasteiger charge is 2.34. The maximum Gasteiger partial charge on any atom is 0.451 e. The summed E-state index contributed by atoms with van der Waals surface area (Å²) in [4.78, 5) is 25.2. The minimum absolute atomic E-state index is 0.266. The molecule has 2 atom stereocenters. The van der Waals surface area contributed by atoms with Gasteiger partial charge in [-0.15, -0.1) is 11.3 Å². The first-order valence-electron chi connectivity index (χ1n) is 10.8. The lowest BCUT2D eigenvalue weighted by Gasteiger charge is -2.16. The van der Waals surface area contributed by atoms with Gasteiger partial charge in [0.25, 0.3) is 5.91 Å². The molecule has 2 N–H and O–H groups in total. The van der Waals surface area contributed by atoms with Crippen LogP contribution in [-0.2, 0) is 6.18 Å². The van der Waals surface area contributed by atoms with Crippen LogP contribution in [0.15, 0.2) is 36.8 Å². The quantitative estimate of drug-likeness (QED) is 0.504. The lowest BCUT2D eigenvalue weighted by Crippen LogP contribution is -2.28. The predicted octanol–water partition coefficient (Wildman–Crippen LogP) is 4.55. The number of hydrogen-bond acceptors (Lipinski definition) is 7. The number of benzene rings is 1. The Labute approximate surface area is 198 Å². The van der Waals surface area contributed by atoms with Crippen LogP contribution in [0, 0.1) is 6.92 Å². The van der Waals surface area contributed by atoms with Gasteiger partial charge in [-0.05, 0) is 51.4 Å². The smallest absolute Gasteiger partial charge is 0.451 e. The van der Waals surface area contributed by atoms with Gasteiger partial charge in [-0.1, -0.05) is 0 Å². The Morgan fingerprint density at radius 1 is 1.24 bits per heavy atom. The highest BCUT2D eigenvalue weighted by Crippen LogP contribution is 2.30. The van der Waals surface area contributed by atoms with Crippen LogP contribution in [-0.4, -0.2) is 40.1 Å². The molecule has 0 bridgehead atoms. The number of nitrogens with one attached hydrogen (secondary N) is 2. The van der Waals surface area contributed by atoms with E-state index >= 15 is 0 Å². The third-order valence-electron chi connectivity index (χ3n) is 5.42. The number of ether oxygens (including phenoxy) is 1. The number of hydrogen-bond donors (Lipinski definition) is 2. The molecule has 1 saturated heterocycles. The summed E-state index contributed by atoms with van der Waals surface area (Å²) < 4.78 is 44.1. The fourth-order valence-electron chi connectivity index (χ4n) is 3.59. The molecule has 180 valence electrons. The Morgan fingerprint density at radius 2 is 2.00 bits per heavy atom. The molecule has 0 aliphatic carbocycles. The van der Waals surface area contributed by atoms with Gasteiger partial charge in [0, 0.05) is 46.2 Å². The number of alkyl halides is 3.